The van der Waals surface area contributed by atoms with Crippen LogP contribution in [0.3, 0.4) is 0 Å². The van der Waals surface area contributed by atoms with Crippen LogP contribution in [0.5, 0.6) is 11.5 Å². The number of aromatic nitrogens is 2. The normalized spacial score (nSPS) is 16.9. The number of urea groups is 1. The van der Waals surface area contributed by atoms with Crippen molar-refractivity contribution in [3.8, 4) is 22.1 Å². The Morgan fingerprint density at radius 2 is 1.83 bits per heavy atom. The molecular weight excluding hydrogens is 628 g/mol. The van der Waals surface area contributed by atoms with Gasteiger partial charge in [0.2, 0.25) is 0 Å². The van der Waals surface area contributed by atoms with E-state index >= 15 is 0 Å². The monoisotopic (exact) mass is 660 g/mol. The van der Waals surface area contributed by atoms with E-state index in [0.717, 1.165) is 23.3 Å². The zero-order valence-corrected chi connectivity index (χ0v) is 25.3. The van der Waals surface area contributed by atoms with Crippen LogP contribution in [0, 0.1) is 5.82 Å². The van der Waals surface area contributed by atoms with E-state index in [4.69, 9.17) is 14.9 Å². The average Bonchev–Trinajstić information content (AvgIpc) is 3.71. The number of ether oxygens (including phenoxy) is 1. The van der Waals surface area contributed by atoms with Crippen molar-refractivity contribution in [3.05, 3.63) is 66.2 Å². The number of benzene rings is 1. The number of alkyl halides is 3. The summed E-state index contributed by atoms with van der Waals surface area (Å²) in [5.74, 6) is -0.211. The third kappa shape index (κ3) is 7.90. The summed E-state index contributed by atoms with van der Waals surface area (Å²) in [5, 5.41) is 23.6. The van der Waals surface area contributed by atoms with E-state index in [1.807, 2.05) is 23.1 Å². The Labute approximate surface area is 265 Å². The molecule has 4 heterocycles. The number of nitrogens with zero attached hydrogens (tertiary/aromatic N) is 4. The molecule has 46 heavy (non-hydrogen) atoms. The van der Waals surface area contributed by atoms with Gasteiger partial charge in [-0.15, -0.1) is 11.3 Å². The van der Waals surface area contributed by atoms with Gasteiger partial charge in [-0.25, -0.2) is 9.18 Å². The second-order valence-electron chi connectivity index (χ2n) is 11.4. The van der Waals surface area contributed by atoms with E-state index in [1.54, 1.807) is 24.5 Å². The molecule has 1 aliphatic heterocycles. The van der Waals surface area contributed by atoms with Crippen LogP contribution >= 0.6 is 11.3 Å². The third-order valence-corrected chi connectivity index (χ3v) is 9.00. The van der Waals surface area contributed by atoms with Gasteiger partial charge in [-0.3, -0.25) is 19.8 Å². The molecule has 1 atom stereocenters. The van der Waals surface area contributed by atoms with Crippen LogP contribution in [-0.4, -0.2) is 86.7 Å². The Morgan fingerprint density at radius 3 is 2.48 bits per heavy atom. The summed E-state index contributed by atoms with van der Waals surface area (Å²) in [7, 11) is 0. The first-order valence-electron chi connectivity index (χ1n) is 14.8. The number of carbonyl (C=O) groups is 1. The Balaban J connectivity index is 1.08. The number of piperazine rings is 1. The number of rotatable bonds is 10. The van der Waals surface area contributed by atoms with Crippen molar-refractivity contribution >= 4 is 33.3 Å². The molecule has 1 aromatic carbocycles. The van der Waals surface area contributed by atoms with Gasteiger partial charge in [0.1, 0.15) is 11.8 Å². The van der Waals surface area contributed by atoms with Crippen molar-refractivity contribution in [1.82, 2.24) is 25.1 Å². The van der Waals surface area contributed by atoms with Gasteiger partial charge in [-0.05, 0) is 42.7 Å². The number of carbonyl (C=O) groups excluding carboxylic acids is 1. The summed E-state index contributed by atoms with van der Waals surface area (Å²) in [6, 6.07) is 9.43. The van der Waals surface area contributed by atoms with Crippen LogP contribution < -0.4 is 15.4 Å². The fourth-order valence-electron chi connectivity index (χ4n) is 5.33. The number of aliphatic hydroxyl groups is 2. The molecule has 0 bridgehead atoms. The molecule has 6 rings (SSSR count). The third-order valence-electron chi connectivity index (χ3n) is 7.84. The number of pyridine rings is 2. The Hall–Kier alpha value is -3.89. The molecule has 1 unspecified atom stereocenters. The van der Waals surface area contributed by atoms with E-state index < -0.39 is 30.7 Å². The zero-order valence-electron chi connectivity index (χ0n) is 24.5. The predicted octanol–water partition coefficient (Wildman–Crippen LogP) is 5.32. The minimum Gasteiger partial charge on any atom is -0.453 e. The summed E-state index contributed by atoms with van der Waals surface area (Å²) in [6.45, 7) is 1.62. The molecule has 2 aliphatic rings. The number of nitrogens with one attached hydrogen (secondary N) is 2. The Kier molecular flexibility index (Phi) is 9.38. The number of thiophene rings is 1. The van der Waals surface area contributed by atoms with Crippen molar-refractivity contribution < 1.29 is 37.3 Å². The van der Waals surface area contributed by atoms with Gasteiger partial charge >= 0.3 is 12.2 Å². The summed E-state index contributed by atoms with van der Waals surface area (Å²) >= 11 is 1.39. The number of hydrogen-bond acceptors (Lipinski definition) is 9. The van der Waals surface area contributed by atoms with E-state index in [1.165, 1.54) is 28.4 Å². The summed E-state index contributed by atoms with van der Waals surface area (Å²) in [4.78, 5) is 25.1. The first-order chi connectivity index (χ1) is 22.0. The molecule has 15 heteroatoms. The standard InChI is InChI=1S/C31H32F4N6O4S/c32-21-13-20(39-30(44)38-19-2-3-19)4-6-24(21)45-25-7-8-36-23-14-26(46-29(23)25)22-5-1-18(16-37-22)17-40-9-11-41(12-10-40)27(15-28(42)43)31(33,34)35/h1,4-8,13-14,16,19,27-28,42-43H,2-3,9-12,15,17H2,(H2,38,39,44). The van der Waals surface area contributed by atoms with Crippen LogP contribution in [0.4, 0.5) is 28.0 Å². The first-order valence-corrected chi connectivity index (χ1v) is 15.6. The number of fused-ring (bicyclic) bond motifs is 1. The van der Waals surface area contributed by atoms with Gasteiger partial charge in [0.25, 0.3) is 0 Å². The molecule has 4 N–H and O–H groups in total. The Bertz CT molecular complexity index is 1670. The van der Waals surface area contributed by atoms with Gasteiger partial charge in [0.05, 0.1) is 20.8 Å². The lowest BCUT2D eigenvalue weighted by Crippen LogP contribution is -2.55. The SMILES string of the molecule is O=C(Nc1ccc(Oc2ccnc3cc(-c4ccc(CN5CCN(C(CC(O)O)C(F)(F)F)CC5)cn4)sc23)c(F)c1)NC1CC1. The van der Waals surface area contributed by atoms with Crippen LogP contribution in [0.1, 0.15) is 24.8 Å². The number of halogens is 4. The molecule has 244 valence electrons. The van der Waals surface area contributed by atoms with Crippen molar-refractivity contribution in [2.24, 2.45) is 0 Å². The predicted molar refractivity (Wildman–Crippen MR) is 164 cm³/mol. The smallest absolute Gasteiger partial charge is 0.404 e. The molecule has 0 radical (unpaired) electrons. The molecule has 1 saturated heterocycles. The highest BCUT2D eigenvalue weighted by molar-refractivity contribution is 7.22. The zero-order chi connectivity index (χ0) is 32.4. The fraction of sp³-hybridized carbons (Fsp3) is 0.387. The molecule has 4 aromatic rings. The number of aliphatic hydroxyl groups excluding tert-OH is 1. The molecular formula is C31H32F4N6O4S. The van der Waals surface area contributed by atoms with Gasteiger partial charge in [-0.1, -0.05) is 6.07 Å². The molecule has 0 spiro atoms. The van der Waals surface area contributed by atoms with Crippen molar-refractivity contribution in [1.29, 1.82) is 0 Å². The first kappa shape index (κ1) is 32.1. The number of anilines is 1. The molecule has 3 aromatic heterocycles. The molecule has 2 amide bonds. The number of hydrogen-bond donors (Lipinski definition) is 4. The van der Waals surface area contributed by atoms with E-state index in [2.05, 4.69) is 20.6 Å². The molecule has 1 saturated carbocycles. The minimum absolute atomic E-state index is 0.00109. The van der Waals surface area contributed by atoms with Gasteiger partial charge in [0.15, 0.2) is 17.9 Å². The lowest BCUT2D eigenvalue weighted by atomic mass is 10.1. The van der Waals surface area contributed by atoms with Crippen LogP contribution in [0.2, 0.25) is 0 Å². The van der Waals surface area contributed by atoms with Gasteiger partial charge in [0, 0.05) is 75.4 Å². The maximum absolute atomic E-state index is 14.9. The van der Waals surface area contributed by atoms with Gasteiger partial charge < -0.3 is 25.6 Å². The summed E-state index contributed by atoms with van der Waals surface area (Å²) in [5.41, 5.74) is 2.57. The van der Waals surface area contributed by atoms with Crippen LogP contribution in [-0.2, 0) is 6.54 Å². The highest BCUT2D eigenvalue weighted by Gasteiger charge is 2.45. The van der Waals surface area contributed by atoms with Crippen molar-refractivity contribution in [2.75, 3.05) is 31.5 Å². The van der Waals surface area contributed by atoms with E-state index in [-0.39, 0.29) is 30.9 Å². The molecule has 1 aliphatic carbocycles. The summed E-state index contributed by atoms with van der Waals surface area (Å²) < 4.78 is 61.9. The largest absolute Gasteiger partial charge is 0.453 e. The minimum atomic E-state index is -4.55. The lowest BCUT2D eigenvalue weighted by Gasteiger charge is -2.40. The maximum Gasteiger partial charge on any atom is 0.404 e. The molecule has 10 nitrogen and oxygen atoms in total. The van der Waals surface area contributed by atoms with E-state index in [0.29, 0.717) is 47.0 Å². The second kappa shape index (κ2) is 13.5. The van der Waals surface area contributed by atoms with Gasteiger partial charge in [-0.2, -0.15) is 13.2 Å². The van der Waals surface area contributed by atoms with Crippen molar-refractivity contribution in [2.45, 2.75) is 50.4 Å². The van der Waals surface area contributed by atoms with Crippen LogP contribution in [0.15, 0.2) is 54.9 Å². The topological polar surface area (TPSA) is 123 Å². The molecule has 2 fully saturated rings. The highest BCUT2D eigenvalue weighted by atomic mass is 32.1. The fourth-order valence-corrected chi connectivity index (χ4v) is 6.37. The van der Waals surface area contributed by atoms with E-state index in [9.17, 15) is 22.4 Å². The number of amides is 2. The quantitative estimate of drug-likeness (QED) is 0.133. The second-order valence-corrected chi connectivity index (χ2v) is 12.4. The summed E-state index contributed by atoms with van der Waals surface area (Å²) in [6.07, 6.45) is -2.16. The highest BCUT2D eigenvalue weighted by Crippen LogP contribution is 2.39. The lowest BCUT2D eigenvalue weighted by molar-refractivity contribution is -0.206. The Morgan fingerprint density at radius 1 is 1.04 bits per heavy atom. The maximum atomic E-state index is 14.9. The van der Waals surface area contributed by atoms with Crippen LogP contribution in [0.25, 0.3) is 20.8 Å². The van der Waals surface area contributed by atoms with Crippen molar-refractivity contribution in [3.63, 3.8) is 0 Å². The average molecular weight is 661 g/mol.